The van der Waals surface area contributed by atoms with Crippen LogP contribution >= 0.6 is 15.9 Å². The highest BCUT2D eigenvalue weighted by atomic mass is 79.9. The van der Waals surface area contributed by atoms with Gasteiger partial charge in [0.25, 0.3) is 0 Å². The van der Waals surface area contributed by atoms with E-state index in [0.717, 1.165) is 16.1 Å². The molecular formula is C23H17BrN2O5. The van der Waals surface area contributed by atoms with Gasteiger partial charge in [0.2, 0.25) is 17.1 Å². The van der Waals surface area contributed by atoms with E-state index in [1.807, 2.05) is 30.3 Å². The predicted molar refractivity (Wildman–Crippen MR) is 115 cm³/mol. The number of fused-ring (bicyclic) bond motifs is 1. The van der Waals surface area contributed by atoms with Gasteiger partial charge in [-0.05, 0) is 35.4 Å². The summed E-state index contributed by atoms with van der Waals surface area (Å²) in [5, 5.41) is 19.0. The summed E-state index contributed by atoms with van der Waals surface area (Å²) in [6, 6.07) is 18.1. The summed E-state index contributed by atoms with van der Waals surface area (Å²) >= 11 is 3.40. The van der Waals surface area contributed by atoms with Crippen LogP contribution in [0.2, 0.25) is 0 Å². The van der Waals surface area contributed by atoms with Crippen LogP contribution in [0.4, 0.5) is 0 Å². The van der Waals surface area contributed by atoms with E-state index in [4.69, 9.17) is 19.6 Å². The maximum atomic E-state index is 12.4. The molecule has 156 valence electrons. The number of aliphatic hydroxyl groups excluding tert-OH is 1. The van der Waals surface area contributed by atoms with Gasteiger partial charge in [-0.25, -0.2) is 0 Å². The van der Waals surface area contributed by atoms with Crippen LogP contribution in [0.3, 0.4) is 0 Å². The molecule has 1 aliphatic rings. The molecule has 2 heterocycles. The summed E-state index contributed by atoms with van der Waals surface area (Å²) in [4.78, 5) is 12.4. The van der Waals surface area contributed by atoms with Crippen molar-refractivity contribution in [1.29, 1.82) is 5.26 Å². The van der Waals surface area contributed by atoms with Crippen molar-refractivity contribution in [2.75, 3.05) is 0 Å². The molecule has 0 aliphatic carbocycles. The first-order valence-corrected chi connectivity index (χ1v) is 10.1. The minimum Gasteiger partial charge on any atom is -0.489 e. The minimum absolute atomic E-state index is 0.0737. The van der Waals surface area contributed by atoms with Crippen molar-refractivity contribution in [2.45, 2.75) is 19.1 Å². The molecular weight excluding hydrogens is 464 g/mol. The molecule has 1 unspecified atom stereocenters. The largest absolute Gasteiger partial charge is 0.489 e. The number of halogens is 1. The number of hydrogen-bond donors (Lipinski definition) is 2. The highest BCUT2D eigenvalue weighted by Crippen LogP contribution is 2.41. The Morgan fingerprint density at radius 2 is 1.87 bits per heavy atom. The van der Waals surface area contributed by atoms with Gasteiger partial charge in [-0.15, -0.1) is 0 Å². The van der Waals surface area contributed by atoms with Gasteiger partial charge >= 0.3 is 0 Å². The smallest absolute Gasteiger partial charge is 0.228 e. The molecule has 0 saturated carbocycles. The van der Waals surface area contributed by atoms with Crippen LogP contribution < -0.4 is 20.6 Å². The molecule has 3 aromatic rings. The van der Waals surface area contributed by atoms with Gasteiger partial charge in [0.15, 0.2) is 5.76 Å². The van der Waals surface area contributed by atoms with E-state index in [1.54, 1.807) is 24.3 Å². The van der Waals surface area contributed by atoms with Crippen LogP contribution in [0.25, 0.3) is 0 Å². The lowest BCUT2D eigenvalue weighted by Crippen LogP contribution is -2.25. The summed E-state index contributed by atoms with van der Waals surface area (Å²) in [5.74, 6) is -0.141. The van der Waals surface area contributed by atoms with Gasteiger partial charge < -0.3 is 24.7 Å². The van der Waals surface area contributed by atoms with E-state index in [0.29, 0.717) is 17.9 Å². The SMILES string of the molecule is N#CC1=C(N)Oc2c(oc(CO)cc2=O)C1c1ccc(OCc2ccc(Br)cc2)cc1. The first kappa shape index (κ1) is 20.7. The number of rotatable bonds is 5. The third-order valence-corrected chi connectivity index (χ3v) is 5.35. The predicted octanol–water partition coefficient (Wildman–Crippen LogP) is 3.69. The van der Waals surface area contributed by atoms with Crippen molar-refractivity contribution < 1.29 is 19.0 Å². The Morgan fingerprint density at radius 1 is 1.16 bits per heavy atom. The van der Waals surface area contributed by atoms with Crippen molar-refractivity contribution in [2.24, 2.45) is 5.73 Å². The van der Waals surface area contributed by atoms with Crippen LogP contribution in [-0.2, 0) is 13.2 Å². The van der Waals surface area contributed by atoms with Crippen molar-refractivity contribution in [3.8, 4) is 17.6 Å². The molecule has 8 heteroatoms. The van der Waals surface area contributed by atoms with E-state index < -0.39 is 18.0 Å². The third-order valence-electron chi connectivity index (χ3n) is 4.82. The van der Waals surface area contributed by atoms with Gasteiger partial charge in [0.05, 0.1) is 5.92 Å². The zero-order valence-electron chi connectivity index (χ0n) is 16.2. The number of allylic oxidation sites excluding steroid dienone is 1. The Balaban J connectivity index is 1.65. The zero-order chi connectivity index (χ0) is 22.0. The molecule has 0 spiro atoms. The molecule has 0 saturated heterocycles. The molecule has 31 heavy (non-hydrogen) atoms. The van der Waals surface area contributed by atoms with Crippen LogP contribution in [0.5, 0.6) is 11.5 Å². The molecule has 4 rings (SSSR count). The second-order valence-corrected chi connectivity index (χ2v) is 7.75. The number of nitrogens with two attached hydrogens (primary N) is 1. The second-order valence-electron chi connectivity index (χ2n) is 6.84. The van der Waals surface area contributed by atoms with Gasteiger partial charge in [-0.3, -0.25) is 4.79 Å². The van der Waals surface area contributed by atoms with Crippen LogP contribution in [0, 0.1) is 11.3 Å². The molecule has 0 bridgehead atoms. The van der Waals surface area contributed by atoms with Gasteiger partial charge in [-0.1, -0.05) is 40.2 Å². The first-order chi connectivity index (χ1) is 15.0. The average molecular weight is 481 g/mol. The fourth-order valence-electron chi connectivity index (χ4n) is 3.30. The highest BCUT2D eigenvalue weighted by Gasteiger charge is 2.35. The Morgan fingerprint density at radius 3 is 2.52 bits per heavy atom. The van der Waals surface area contributed by atoms with Crippen molar-refractivity contribution >= 4 is 15.9 Å². The van der Waals surface area contributed by atoms with Crippen LogP contribution in [0.1, 0.15) is 28.6 Å². The molecule has 1 aliphatic heterocycles. The van der Waals surface area contributed by atoms with Crippen molar-refractivity contribution in [3.63, 3.8) is 0 Å². The molecule has 0 amide bonds. The number of hydrogen-bond acceptors (Lipinski definition) is 7. The lowest BCUT2D eigenvalue weighted by Gasteiger charge is -2.24. The zero-order valence-corrected chi connectivity index (χ0v) is 17.8. The number of ether oxygens (including phenoxy) is 2. The number of nitrogens with zero attached hydrogens (tertiary/aromatic N) is 1. The lowest BCUT2D eigenvalue weighted by molar-refractivity contribution is 0.231. The normalized spacial score (nSPS) is 15.1. The van der Waals surface area contributed by atoms with E-state index in [9.17, 15) is 15.2 Å². The Hall–Kier alpha value is -3.54. The van der Waals surface area contributed by atoms with E-state index in [1.165, 1.54) is 0 Å². The summed E-state index contributed by atoms with van der Waals surface area (Å²) in [6.07, 6.45) is 0. The van der Waals surface area contributed by atoms with E-state index >= 15 is 0 Å². The van der Waals surface area contributed by atoms with Crippen LogP contribution in [0.15, 0.2) is 79.7 Å². The van der Waals surface area contributed by atoms with Crippen molar-refractivity contribution in [3.05, 3.63) is 103 Å². The topological polar surface area (TPSA) is 119 Å². The Labute approximate surface area is 186 Å². The summed E-state index contributed by atoms with van der Waals surface area (Å²) in [7, 11) is 0. The Kier molecular flexibility index (Phi) is 5.80. The molecule has 3 N–H and O–H groups in total. The molecule has 0 fully saturated rings. The van der Waals surface area contributed by atoms with Gasteiger partial charge in [0, 0.05) is 10.5 Å². The fourth-order valence-corrected chi connectivity index (χ4v) is 3.56. The van der Waals surface area contributed by atoms with E-state index in [2.05, 4.69) is 15.9 Å². The van der Waals surface area contributed by atoms with Gasteiger partial charge in [0.1, 0.15) is 36.4 Å². The molecule has 1 aromatic heterocycles. The monoisotopic (exact) mass is 480 g/mol. The average Bonchev–Trinajstić information content (AvgIpc) is 2.78. The highest BCUT2D eigenvalue weighted by molar-refractivity contribution is 9.10. The van der Waals surface area contributed by atoms with Crippen molar-refractivity contribution in [1.82, 2.24) is 0 Å². The molecule has 1 atom stereocenters. The van der Waals surface area contributed by atoms with Gasteiger partial charge in [-0.2, -0.15) is 5.26 Å². The quantitative estimate of drug-likeness (QED) is 0.571. The summed E-state index contributed by atoms with van der Waals surface area (Å²) in [6.45, 7) is -0.0586. The third kappa shape index (κ3) is 4.19. The maximum Gasteiger partial charge on any atom is 0.228 e. The number of aliphatic hydroxyl groups is 1. The second kappa shape index (κ2) is 8.68. The standard InChI is InChI=1S/C23H17BrN2O5/c24-15-5-1-13(2-6-15)12-29-16-7-3-14(4-8-16)20-18(10-25)23(26)31-21-19(28)9-17(11-27)30-22(20)21/h1-9,20,27H,11-12,26H2. The maximum absolute atomic E-state index is 12.4. The number of nitriles is 1. The lowest BCUT2D eigenvalue weighted by atomic mass is 9.87. The number of benzene rings is 2. The minimum atomic E-state index is -0.742. The molecule has 2 aromatic carbocycles. The fraction of sp³-hybridized carbons (Fsp3) is 0.130. The van der Waals surface area contributed by atoms with E-state index in [-0.39, 0.29) is 28.7 Å². The molecule has 0 radical (unpaired) electrons. The summed E-state index contributed by atoms with van der Waals surface area (Å²) in [5.41, 5.74) is 7.22. The molecule has 7 nitrogen and oxygen atoms in total. The van der Waals surface area contributed by atoms with Crippen LogP contribution in [-0.4, -0.2) is 5.11 Å². The summed E-state index contributed by atoms with van der Waals surface area (Å²) < 4.78 is 17.8. The Bertz CT molecular complexity index is 1240. The first-order valence-electron chi connectivity index (χ1n) is 9.32.